The van der Waals surface area contributed by atoms with E-state index in [0.717, 1.165) is 56.2 Å². The third kappa shape index (κ3) is 4.79. The van der Waals surface area contributed by atoms with E-state index < -0.39 is 22.9 Å². The summed E-state index contributed by atoms with van der Waals surface area (Å²) in [6, 6.07) is 9.43. The minimum atomic E-state index is -5.08. The van der Waals surface area contributed by atoms with Crippen molar-refractivity contribution >= 4 is 33.8 Å². The molecule has 4 rings (SSSR count). The van der Waals surface area contributed by atoms with Crippen molar-refractivity contribution in [2.24, 2.45) is 4.99 Å². The molecule has 0 aromatic heterocycles. The van der Waals surface area contributed by atoms with E-state index >= 15 is 0 Å². The summed E-state index contributed by atoms with van der Waals surface area (Å²) in [4.78, 5) is 21.7. The van der Waals surface area contributed by atoms with Crippen LogP contribution in [0.1, 0.15) is 26.3 Å². The van der Waals surface area contributed by atoms with Gasteiger partial charge in [-0.1, -0.05) is 6.92 Å². The summed E-state index contributed by atoms with van der Waals surface area (Å²) in [5, 5.41) is 3.84. The molecule has 1 fully saturated rings. The largest absolute Gasteiger partial charge is 0.492 e. The van der Waals surface area contributed by atoms with Gasteiger partial charge in [0.2, 0.25) is 0 Å². The van der Waals surface area contributed by atoms with Crippen molar-refractivity contribution in [1.82, 2.24) is 5.32 Å². The number of nitrogens with one attached hydrogen (secondary N) is 1. The number of fused-ring (bicyclic) bond motifs is 2. The van der Waals surface area contributed by atoms with E-state index in [-0.39, 0.29) is 0 Å². The summed E-state index contributed by atoms with van der Waals surface area (Å²) in [6.45, 7) is 10.7. The normalized spacial score (nSPS) is 17.5. The van der Waals surface area contributed by atoms with Gasteiger partial charge in [-0.3, -0.25) is 0 Å². The smallest absolute Gasteiger partial charge is 0.388 e. The monoisotopic (exact) mass is 494 g/mol. The van der Waals surface area contributed by atoms with Crippen LogP contribution in [0.2, 0.25) is 0 Å². The highest BCUT2D eigenvalue weighted by Crippen LogP contribution is 2.45. The average molecular weight is 495 g/mol. The van der Waals surface area contributed by atoms with Gasteiger partial charge >= 0.3 is 12.1 Å². The van der Waals surface area contributed by atoms with Crippen LogP contribution in [0.15, 0.2) is 40.2 Å². The molecule has 184 valence electrons. The Kier molecular flexibility index (Phi) is 7.18. The van der Waals surface area contributed by atoms with Gasteiger partial charge in [0.25, 0.3) is 0 Å². The minimum absolute atomic E-state index is 0.494. The lowest BCUT2D eigenvalue weighted by molar-refractivity contribution is -0.188. The second kappa shape index (κ2) is 9.95. The second-order valence-corrected chi connectivity index (χ2v) is 9.70. The fraction of sp³-hybridized carbons (Fsp3) is 0.458. The zero-order valence-corrected chi connectivity index (χ0v) is 20.4. The molecule has 1 unspecified atom stereocenters. The molecule has 2 aliphatic heterocycles. The van der Waals surface area contributed by atoms with Gasteiger partial charge in [-0.05, 0) is 56.2 Å². The topological polar surface area (TPSA) is 57.2 Å². The van der Waals surface area contributed by atoms with Gasteiger partial charge in [0.05, 0.1) is 20.5 Å². The molecule has 0 amide bonds. The lowest BCUT2D eigenvalue weighted by Gasteiger charge is -2.31. The molecule has 0 radical (unpaired) electrons. The van der Waals surface area contributed by atoms with Gasteiger partial charge in [-0.25, -0.2) is 9.79 Å². The van der Waals surface area contributed by atoms with Crippen LogP contribution in [0.5, 0.6) is 0 Å². The second-order valence-electron chi connectivity index (χ2n) is 8.12. The first-order valence-corrected chi connectivity index (χ1v) is 12.7. The summed E-state index contributed by atoms with van der Waals surface area (Å²) in [5.41, 5.74) is 3.29. The van der Waals surface area contributed by atoms with Gasteiger partial charge in [-0.2, -0.15) is 13.2 Å². The maximum absolute atomic E-state index is 13.3. The molecule has 0 saturated carbocycles. The van der Waals surface area contributed by atoms with E-state index in [9.17, 15) is 18.0 Å². The zero-order valence-electron chi connectivity index (χ0n) is 19.5. The standard InChI is InChI=1S/C24H29F3N4O2S/c1-4-16-13-18(31-11-9-28-10-12-31)15-21-22(16)29-19-8-7-17(30(5-2)6-3)14-20(19)34(21)33-23(32)24(25,26)27/h7-8,13-15,28H,4-6,9-12H2,1-3H3. The highest BCUT2D eigenvalue weighted by Gasteiger charge is 2.42. The van der Waals surface area contributed by atoms with Crippen molar-refractivity contribution in [1.29, 1.82) is 0 Å². The highest BCUT2D eigenvalue weighted by atomic mass is 32.2. The Labute approximate surface area is 199 Å². The van der Waals surface area contributed by atoms with Crippen LogP contribution < -0.4 is 20.5 Å². The van der Waals surface area contributed by atoms with Crippen LogP contribution in [-0.2, 0) is 15.4 Å². The Morgan fingerprint density at radius 2 is 1.85 bits per heavy atom. The van der Waals surface area contributed by atoms with Crippen LogP contribution in [0.25, 0.3) is 0 Å². The molecule has 34 heavy (non-hydrogen) atoms. The van der Waals surface area contributed by atoms with Crippen LogP contribution in [0, 0.1) is 4.51 Å². The number of halogens is 3. The summed E-state index contributed by atoms with van der Waals surface area (Å²) in [7, 11) is -1.56. The van der Waals surface area contributed by atoms with E-state index in [4.69, 9.17) is 9.18 Å². The van der Waals surface area contributed by atoms with Gasteiger partial charge in [0.15, 0.2) is 0 Å². The number of hydrogen-bond donors (Lipinski definition) is 1. The zero-order chi connectivity index (χ0) is 24.5. The number of alkyl halides is 3. The lowest BCUT2D eigenvalue weighted by atomic mass is 10.1. The van der Waals surface area contributed by atoms with E-state index in [2.05, 4.69) is 21.2 Å². The molecule has 2 aliphatic rings. The Balaban J connectivity index is 1.96. The SMILES string of the molecule is CCc1cc(N2CCNCC2)cc2c1N=c1ccc(N(CC)CC)cc1=S2OC(=O)C(F)(F)F. The highest BCUT2D eigenvalue weighted by molar-refractivity contribution is 8.05. The number of aryl methyl sites for hydroxylation is 1. The molecule has 1 saturated heterocycles. The number of anilines is 2. The van der Waals surface area contributed by atoms with Gasteiger partial charge in [0.1, 0.15) is 0 Å². The third-order valence-electron chi connectivity index (χ3n) is 6.10. The Morgan fingerprint density at radius 3 is 2.47 bits per heavy atom. The average Bonchev–Trinajstić information content (AvgIpc) is 2.84. The number of piperazine rings is 1. The number of rotatable bonds is 6. The Morgan fingerprint density at radius 1 is 1.15 bits per heavy atom. The van der Waals surface area contributed by atoms with Gasteiger partial charge < -0.3 is 19.3 Å². The molecule has 0 aliphatic carbocycles. The predicted molar refractivity (Wildman–Crippen MR) is 129 cm³/mol. The minimum Gasteiger partial charge on any atom is -0.388 e. The first-order valence-electron chi connectivity index (χ1n) is 11.5. The van der Waals surface area contributed by atoms with Crippen molar-refractivity contribution < 1.29 is 22.1 Å². The maximum Gasteiger partial charge on any atom is 0.492 e. The van der Waals surface area contributed by atoms with E-state index in [1.807, 2.05) is 39.0 Å². The van der Waals surface area contributed by atoms with Crippen molar-refractivity contribution in [3.63, 3.8) is 0 Å². The molecule has 10 heteroatoms. The van der Waals surface area contributed by atoms with Crippen LogP contribution >= 0.6 is 10.8 Å². The fourth-order valence-corrected chi connectivity index (χ4v) is 6.05. The summed E-state index contributed by atoms with van der Waals surface area (Å²) in [5.74, 6) is -2.19. The summed E-state index contributed by atoms with van der Waals surface area (Å²) >= 11 is 0. The molecular weight excluding hydrogens is 465 g/mol. The van der Waals surface area contributed by atoms with Gasteiger partial charge in [0, 0.05) is 61.4 Å². The first-order chi connectivity index (χ1) is 16.3. The van der Waals surface area contributed by atoms with Crippen molar-refractivity contribution in [3.05, 3.63) is 45.8 Å². The molecular formula is C24H29F3N4O2S. The molecule has 6 nitrogen and oxygen atoms in total. The lowest BCUT2D eigenvalue weighted by Crippen LogP contribution is -2.43. The molecule has 2 aromatic rings. The van der Waals surface area contributed by atoms with Crippen LogP contribution in [0.3, 0.4) is 0 Å². The van der Waals surface area contributed by atoms with E-state index in [1.54, 1.807) is 6.07 Å². The summed E-state index contributed by atoms with van der Waals surface area (Å²) in [6.07, 6.45) is -4.43. The number of nitrogens with zero attached hydrogens (tertiary/aromatic N) is 3. The Hall–Kier alpha value is -2.59. The van der Waals surface area contributed by atoms with E-state index in [1.165, 1.54) is 0 Å². The number of carbonyl (C=O) groups excluding carboxylic acids is 1. The number of carbonyl (C=O) groups is 1. The molecule has 1 atom stereocenters. The third-order valence-corrected chi connectivity index (χ3v) is 7.85. The molecule has 0 bridgehead atoms. The maximum atomic E-state index is 13.3. The van der Waals surface area contributed by atoms with Crippen LogP contribution in [0.4, 0.5) is 30.2 Å². The fourth-order valence-electron chi connectivity index (χ4n) is 4.27. The molecule has 0 spiro atoms. The Bertz CT molecular complexity index is 1210. The van der Waals surface area contributed by atoms with Crippen LogP contribution in [-0.4, -0.2) is 51.4 Å². The summed E-state index contributed by atoms with van der Waals surface area (Å²) < 4.78 is 45.5. The quantitative estimate of drug-likeness (QED) is 0.605. The first kappa shape index (κ1) is 24.5. The number of benzene rings is 2. The molecule has 1 N–H and O–H groups in total. The molecule has 2 aromatic carbocycles. The predicted octanol–water partition coefficient (Wildman–Crippen LogP) is 4.37. The number of hydrogen-bond acceptors (Lipinski definition) is 6. The van der Waals surface area contributed by atoms with Crippen molar-refractivity contribution in [2.45, 2.75) is 38.3 Å². The molecule has 2 heterocycles. The van der Waals surface area contributed by atoms with E-state index in [0.29, 0.717) is 26.9 Å². The van der Waals surface area contributed by atoms with Crippen molar-refractivity contribution in [3.8, 4) is 0 Å². The van der Waals surface area contributed by atoms with Crippen molar-refractivity contribution in [2.75, 3.05) is 49.1 Å². The van der Waals surface area contributed by atoms with Gasteiger partial charge in [-0.15, -0.1) is 0 Å².